The van der Waals surface area contributed by atoms with E-state index in [0.29, 0.717) is 16.7 Å². The highest BCUT2D eigenvalue weighted by atomic mass is 14.6. The van der Waals surface area contributed by atoms with Gasteiger partial charge in [-0.1, -0.05) is 46.4 Å². The maximum absolute atomic E-state index is 3.95. The minimum Gasteiger partial charge on any atom is -0.0988 e. The van der Waals surface area contributed by atoms with E-state index >= 15 is 0 Å². The molecule has 0 saturated heterocycles. The molecule has 0 aliphatic heterocycles. The lowest BCUT2D eigenvalue weighted by atomic mass is 9.54. The van der Waals surface area contributed by atoms with E-state index in [2.05, 4.69) is 46.4 Å². The van der Waals surface area contributed by atoms with Crippen molar-refractivity contribution in [2.24, 2.45) is 22.7 Å². The molecule has 0 bridgehead atoms. The first-order chi connectivity index (χ1) is 6.95. The Bertz CT molecular complexity index is 312. The first-order valence-electron chi connectivity index (χ1n) is 6.28. The molecule has 0 radical (unpaired) electrons. The van der Waals surface area contributed by atoms with Crippen LogP contribution in [0.5, 0.6) is 0 Å². The molecular weight excluding hydrogens is 180 g/mol. The van der Waals surface area contributed by atoms with Crippen molar-refractivity contribution in [3.05, 3.63) is 24.3 Å². The summed E-state index contributed by atoms with van der Waals surface area (Å²) in [6, 6.07) is 0. The second-order valence-electron chi connectivity index (χ2n) is 6.11. The fourth-order valence-electron chi connectivity index (χ4n) is 3.96. The van der Waals surface area contributed by atoms with Crippen LogP contribution in [0.3, 0.4) is 0 Å². The Kier molecular flexibility index (Phi) is 2.37. The number of rotatable bonds is 1. The summed E-state index contributed by atoms with van der Waals surface area (Å²) in [4.78, 5) is 0. The van der Waals surface area contributed by atoms with Crippen LogP contribution in [0, 0.1) is 22.7 Å². The highest BCUT2D eigenvalue weighted by Crippen LogP contribution is 2.64. The Morgan fingerprint density at radius 2 is 2.00 bits per heavy atom. The number of allylic oxidation sites excluding steroid dienone is 3. The molecule has 0 aromatic carbocycles. The molecule has 4 atom stereocenters. The van der Waals surface area contributed by atoms with Gasteiger partial charge in [0.2, 0.25) is 0 Å². The Balaban J connectivity index is 2.45. The molecular formula is C15H24. The fraction of sp³-hybridized carbons (Fsp3) is 0.733. The van der Waals surface area contributed by atoms with Gasteiger partial charge in [0.15, 0.2) is 0 Å². The van der Waals surface area contributed by atoms with Crippen molar-refractivity contribution in [2.45, 2.75) is 47.0 Å². The van der Waals surface area contributed by atoms with Gasteiger partial charge >= 0.3 is 0 Å². The van der Waals surface area contributed by atoms with Crippen molar-refractivity contribution >= 4 is 0 Å². The van der Waals surface area contributed by atoms with Crippen molar-refractivity contribution in [3.63, 3.8) is 0 Å². The van der Waals surface area contributed by atoms with Gasteiger partial charge in [-0.3, -0.25) is 0 Å². The summed E-state index contributed by atoms with van der Waals surface area (Å²) in [7, 11) is 0. The topological polar surface area (TPSA) is 0 Å². The lowest BCUT2D eigenvalue weighted by molar-refractivity contribution is 0.0284. The lowest BCUT2D eigenvalue weighted by Crippen LogP contribution is -2.43. The summed E-state index contributed by atoms with van der Waals surface area (Å²) >= 11 is 0. The van der Waals surface area contributed by atoms with Crippen LogP contribution in [0.15, 0.2) is 24.3 Å². The SMILES string of the molecule is C=CC1=CC[C@@]2(C)[C@H](C)CC[C@]2(C)[C@@H]1C. The summed E-state index contributed by atoms with van der Waals surface area (Å²) in [5, 5.41) is 0. The third-order valence-electron chi connectivity index (χ3n) is 5.94. The molecule has 0 aromatic heterocycles. The van der Waals surface area contributed by atoms with E-state index in [9.17, 15) is 0 Å². The zero-order chi connectivity index (χ0) is 11.3. The summed E-state index contributed by atoms with van der Waals surface area (Å²) in [6.45, 7) is 13.8. The van der Waals surface area contributed by atoms with Gasteiger partial charge in [-0.25, -0.2) is 0 Å². The second-order valence-corrected chi connectivity index (χ2v) is 6.11. The van der Waals surface area contributed by atoms with Crippen LogP contribution in [0.25, 0.3) is 0 Å². The van der Waals surface area contributed by atoms with E-state index in [1.165, 1.54) is 24.8 Å². The van der Waals surface area contributed by atoms with Crippen LogP contribution in [0.2, 0.25) is 0 Å². The molecule has 2 aliphatic rings. The van der Waals surface area contributed by atoms with E-state index in [4.69, 9.17) is 0 Å². The van der Waals surface area contributed by atoms with Crippen LogP contribution in [0.1, 0.15) is 47.0 Å². The van der Waals surface area contributed by atoms with Crippen molar-refractivity contribution in [1.29, 1.82) is 0 Å². The van der Waals surface area contributed by atoms with Gasteiger partial charge in [0.05, 0.1) is 0 Å². The molecule has 0 amide bonds. The standard InChI is InChI=1S/C15H24/c1-6-13-8-10-14(4)11(2)7-9-15(14,5)12(13)3/h6,8,11-12H,1,7,9-10H2,2-5H3/t11-,12-,14+,15-/m1/s1. The number of hydrogen-bond acceptors (Lipinski definition) is 0. The second kappa shape index (κ2) is 3.23. The van der Waals surface area contributed by atoms with Gasteiger partial charge in [0, 0.05) is 0 Å². The van der Waals surface area contributed by atoms with Gasteiger partial charge in [-0.15, -0.1) is 0 Å². The predicted octanol–water partition coefficient (Wildman–Crippen LogP) is 4.58. The molecule has 1 fully saturated rings. The predicted molar refractivity (Wildman–Crippen MR) is 66.7 cm³/mol. The quantitative estimate of drug-likeness (QED) is 0.586. The Labute approximate surface area is 94.5 Å². The Hall–Kier alpha value is -0.520. The summed E-state index contributed by atoms with van der Waals surface area (Å²) in [5.41, 5.74) is 2.48. The molecule has 15 heavy (non-hydrogen) atoms. The lowest BCUT2D eigenvalue weighted by Gasteiger charge is -2.51. The maximum Gasteiger partial charge on any atom is -0.0134 e. The number of fused-ring (bicyclic) bond motifs is 1. The third-order valence-corrected chi connectivity index (χ3v) is 5.94. The highest BCUT2D eigenvalue weighted by Gasteiger charge is 2.56. The maximum atomic E-state index is 3.95. The first-order valence-corrected chi connectivity index (χ1v) is 6.28. The number of hydrogen-bond donors (Lipinski definition) is 0. The van der Waals surface area contributed by atoms with Crippen LogP contribution in [-0.2, 0) is 0 Å². The van der Waals surface area contributed by atoms with Crippen molar-refractivity contribution < 1.29 is 0 Å². The van der Waals surface area contributed by atoms with Crippen molar-refractivity contribution in [2.75, 3.05) is 0 Å². The largest absolute Gasteiger partial charge is 0.0988 e. The molecule has 84 valence electrons. The normalized spacial score (nSPS) is 49.7. The van der Waals surface area contributed by atoms with Gasteiger partial charge in [-0.2, -0.15) is 0 Å². The summed E-state index contributed by atoms with van der Waals surface area (Å²) in [5.74, 6) is 1.55. The fourth-order valence-corrected chi connectivity index (χ4v) is 3.96. The zero-order valence-electron chi connectivity index (χ0n) is 10.6. The first kappa shape index (κ1) is 11.0. The van der Waals surface area contributed by atoms with E-state index in [0.717, 1.165) is 5.92 Å². The molecule has 0 heterocycles. The van der Waals surface area contributed by atoms with Gasteiger partial charge in [-0.05, 0) is 47.5 Å². The van der Waals surface area contributed by atoms with Crippen molar-refractivity contribution in [3.8, 4) is 0 Å². The van der Waals surface area contributed by atoms with E-state index < -0.39 is 0 Å². The smallest absolute Gasteiger partial charge is 0.0134 e. The summed E-state index contributed by atoms with van der Waals surface area (Å²) < 4.78 is 0. The van der Waals surface area contributed by atoms with Gasteiger partial charge < -0.3 is 0 Å². The molecule has 0 unspecified atom stereocenters. The summed E-state index contributed by atoms with van der Waals surface area (Å²) in [6.07, 6.45) is 8.53. The molecule has 0 aromatic rings. The van der Waals surface area contributed by atoms with Gasteiger partial charge in [0.1, 0.15) is 0 Å². The molecule has 1 saturated carbocycles. The Morgan fingerprint density at radius 3 is 2.60 bits per heavy atom. The molecule has 0 heteroatoms. The zero-order valence-corrected chi connectivity index (χ0v) is 10.6. The molecule has 2 aliphatic carbocycles. The van der Waals surface area contributed by atoms with E-state index in [1.54, 1.807) is 0 Å². The van der Waals surface area contributed by atoms with Crippen LogP contribution >= 0.6 is 0 Å². The minimum absolute atomic E-state index is 0.491. The monoisotopic (exact) mass is 204 g/mol. The van der Waals surface area contributed by atoms with Crippen LogP contribution in [-0.4, -0.2) is 0 Å². The average molecular weight is 204 g/mol. The van der Waals surface area contributed by atoms with Crippen LogP contribution in [0.4, 0.5) is 0 Å². The van der Waals surface area contributed by atoms with E-state index in [1.807, 2.05) is 0 Å². The van der Waals surface area contributed by atoms with Gasteiger partial charge in [0.25, 0.3) is 0 Å². The minimum atomic E-state index is 0.491. The molecule has 0 N–H and O–H groups in total. The van der Waals surface area contributed by atoms with E-state index in [-0.39, 0.29) is 0 Å². The molecule has 0 spiro atoms. The molecule has 0 nitrogen and oxygen atoms in total. The Morgan fingerprint density at radius 1 is 1.33 bits per heavy atom. The highest BCUT2D eigenvalue weighted by molar-refractivity contribution is 5.28. The molecule has 2 rings (SSSR count). The van der Waals surface area contributed by atoms with Crippen molar-refractivity contribution in [1.82, 2.24) is 0 Å². The van der Waals surface area contributed by atoms with Crippen LogP contribution < -0.4 is 0 Å². The average Bonchev–Trinajstić information content (AvgIpc) is 2.45. The third kappa shape index (κ3) is 1.20.